The van der Waals surface area contributed by atoms with E-state index >= 15 is 0 Å². The quantitative estimate of drug-likeness (QED) is 0.409. The van der Waals surface area contributed by atoms with Gasteiger partial charge in [0.15, 0.2) is 17.8 Å². The van der Waals surface area contributed by atoms with Gasteiger partial charge in [-0.1, -0.05) is 0 Å². The molecule has 0 amide bonds. The molecule has 0 fully saturated rings. The van der Waals surface area contributed by atoms with Crippen LogP contribution in [-0.2, 0) is 9.53 Å². The van der Waals surface area contributed by atoms with Crippen LogP contribution in [0.25, 0.3) is 0 Å². The van der Waals surface area contributed by atoms with E-state index in [0.29, 0.717) is 0 Å². The maximum atomic E-state index is 10.5. The van der Waals surface area contributed by atoms with Gasteiger partial charge in [-0.3, -0.25) is 4.79 Å². The third-order valence-electron chi connectivity index (χ3n) is 1.89. The fourth-order valence-corrected chi connectivity index (χ4v) is 1.03. The summed E-state index contributed by atoms with van der Waals surface area (Å²) in [6.07, 6.45) is 1.05. The summed E-state index contributed by atoms with van der Waals surface area (Å²) in [5, 5.41) is 28.0. The van der Waals surface area contributed by atoms with Crippen LogP contribution in [0.15, 0.2) is 23.7 Å². The van der Waals surface area contributed by atoms with Gasteiger partial charge < -0.3 is 20.1 Å². The number of allylic oxidation sites excluding steroid dienone is 1. The van der Waals surface area contributed by atoms with Crippen LogP contribution in [0.4, 0.5) is 0 Å². The van der Waals surface area contributed by atoms with Gasteiger partial charge in [-0.05, 0) is 12.2 Å². The van der Waals surface area contributed by atoms with Crippen molar-refractivity contribution in [3.63, 3.8) is 0 Å². The molecule has 0 saturated heterocycles. The molecule has 1 aliphatic rings. The standard InChI is InChI=1S/C8H10O5.K/c1-13-5-2-3-6(10)8(12,4-9)7(5)11;/h2-4,6,10-12H,1H3;. The van der Waals surface area contributed by atoms with Crippen LogP contribution in [0.3, 0.4) is 0 Å². The molecule has 0 saturated carbocycles. The number of rotatable bonds is 2. The van der Waals surface area contributed by atoms with Gasteiger partial charge in [0.1, 0.15) is 6.10 Å². The van der Waals surface area contributed by atoms with Crippen molar-refractivity contribution < 1.29 is 24.9 Å². The monoisotopic (exact) mass is 225 g/mol. The van der Waals surface area contributed by atoms with Gasteiger partial charge in [-0.15, -0.1) is 0 Å². The molecule has 0 spiro atoms. The van der Waals surface area contributed by atoms with Crippen molar-refractivity contribution >= 4 is 57.7 Å². The molecule has 0 bridgehead atoms. The normalized spacial score (nSPS) is 30.9. The van der Waals surface area contributed by atoms with Crippen molar-refractivity contribution in [3.05, 3.63) is 23.7 Å². The summed E-state index contributed by atoms with van der Waals surface area (Å²) in [6, 6.07) is 0. The third-order valence-corrected chi connectivity index (χ3v) is 1.89. The average Bonchev–Trinajstić information content (AvgIpc) is 2.15. The molecular formula is C8H10KO5. The van der Waals surface area contributed by atoms with Gasteiger partial charge in [0.05, 0.1) is 7.11 Å². The van der Waals surface area contributed by atoms with Crippen molar-refractivity contribution in [2.24, 2.45) is 0 Å². The van der Waals surface area contributed by atoms with Gasteiger partial charge in [-0.2, -0.15) is 0 Å². The predicted octanol–water partition coefficient (Wildman–Crippen LogP) is -1.12. The Hall–Kier alpha value is 0.306. The number of aliphatic hydroxyl groups excluding tert-OH is 2. The molecule has 5 nitrogen and oxygen atoms in total. The second-order valence-corrected chi connectivity index (χ2v) is 2.66. The zero-order valence-electron chi connectivity index (χ0n) is 7.97. The van der Waals surface area contributed by atoms with Gasteiger partial charge >= 0.3 is 0 Å². The van der Waals surface area contributed by atoms with E-state index in [-0.39, 0.29) is 63.4 Å². The zero-order valence-corrected chi connectivity index (χ0v) is 11.1. The summed E-state index contributed by atoms with van der Waals surface area (Å²) in [5.74, 6) is -0.722. The zero-order chi connectivity index (χ0) is 10.1. The van der Waals surface area contributed by atoms with Crippen LogP contribution in [0.1, 0.15) is 0 Å². The van der Waals surface area contributed by atoms with Crippen molar-refractivity contribution in [2.75, 3.05) is 7.11 Å². The predicted molar refractivity (Wildman–Crippen MR) is 48.6 cm³/mol. The summed E-state index contributed by atoms with van der Waals surface area (Å²) in [4.78, 5) is 10.5. The second-order valence-electron chi connectivity index (χ2n) is 2.66. The third kappa shape index (κ3) is 2.27. The number of methoxy groups -OCH3 is 1. The maximum absolute atomic E-state index is 10.5. The van der Waals surface area contributed by atoms with Gasteiger partial charge in [-0.25, -0.2) is 0 Å². The Labute approximate surface area is 123 Å². The Bertz CT molecular complexity index is 285. The SMILES string of the molecule is COC1=C(O)C(O)(C=O)C(O)C=C1.[K]. The van der Waals surface area contributed by atoms with Gasteiger partial charge in [0, 0.05) is 51.4 Å². The molecule has 1 rings (SSSR count). The van der Waals surface area contributed by atoms with Crippen LogP contribution in [0, 0.1) is 0 Å². The van der Waals surface area contributed by atoms with Crippen LogP contribution in [-0.4, -0.2) is 91.8 Å². The van der Waals surface area contributed by atoms with E-state index in [4.69, 9.17) is 0 Å². The molecule has 2 atom stereocenters. The summed E-state index contributed by atoms with van der Waals surface area (Å²) < 4.78 is 4.66. The molecular weight excluding hydrogens is 215 g/mol. The van der Waals surface area contributed by atoms with E-state index in [1.807, 2.05) is 0 Å². The summed E-state index contributed by atoms with van der Waals surface area (Å²) in [7, 11) is 1.28. The Morgan fingerprint density at radius 3 is 2.64 bits per heavy atom. The van der Waals surface area contributed by atoms with E-state index in [9.17, 15) is 20.1 Å². The first-order valence-electron chi connectivity index (χ1n) is 3.59. The summed E-state index contributed by atoms with van der Waals surface area (Å²) >= 11 is 0. The Kier molecular flexibility index (Phi) is 5.52. The van der Waals surface area contributed by atoms with E-state index in [2.05, 4.69) is 4.74 Å². The minimum Gasteiger partial charge on any atom is -0.505 e. The molecule has 0 heterocycles. The molecule has 6 heteroatoms. The number of carbonyl (C=O) groups excluding carboxylic acids is 1. The van der Waals surface area contributed by atoms with Crippen molar-refractivity contribution in [3.8, 4) is 0 Å². The number of carbonyl (C=O) groups is 1. The number of aldehydes is 1. The summed E-state index contributed by atoms with van der Waals surface area (Å²) in [5.41, 5.74) is -2.29. The molecule has 0 aromatic carbocycles. The van der Waals surface area contributed by atoms with E-state index < -0.39 is 17.5 Å². The molecule has 3 N–H and O–H groups in total. The second kappa shape index (κ2) is 5.41. The Morgan fingerprint density at radius 2 is 2.21 bits per heavy atom. The smallest absolute Gasteiger partial charge is 0.210 e. The average molecular weight is 225 g/mol. The van der Waals surface area contributed by atoms with Crippen molar-refractivity contribution in [1.29, 1.82) is 0 Å². The Morgan fingerprint density at radius 1 is 1.64 bits per heavy atom. The first kappa shape index (κ1) is 14.3. The molecule has 0 aromatic rings. The minimum atomic E-state index is -2.29. The first-order valence-corrected chi connectivity index (χ1v) is 3.59. The van der Waals surface area contributed by atoms with Crippen LogP contribution >= 0.6 is 0 Å². The fraction of sp³-hybridized carbons (Fsp3) is 0.375. The first-order chi connectivity index (χ1) is 6.06. The molecule has 14 heavy (non-hydrogen) atoms. The minimum absolute atomic E-state index is 0. The van der Waals surface area contributed by atoms with E-state index in [1.165, 1.54) is 13.2 Å². The molecule has 0 aromatic heterocycles. The van der Waals surface area contributed by atoms with Crippen LogP contribution < -0.4 is 0 Å². The maximum Gasteiger partial charge on any atom is 0.210 e. The number of ether oxygens (including phenoxy) is 1. The molecule has 73 valence electrons. The molecule has 2 unspecified atom stereocenters. The van der Waals surface area contributed by atoms with Gasteiger partial charge in [0.25, 0.3) is 0 Å². The van der Waals surface area contributed by atoms with E-state index in [1.54, 1.807) is 0 Å². The topological polar surface area (TPSA) is 87.0 Å². The van der Waals surface area contributed by atoms with Crippen LogP contribution in [0.2, 0.25) is 0 Å². The van der Waals surface area contributed by atoms with Crippen molar-refractivity contribution in [2.45, 2.75) is 11.7 Å². The number of aliphatic hydroxyl groups is 3. The fourth-order valence-electron chi connectivity index (χ4n) is 1.03. The molecule has 0 aliphatic heterocycles. The van der Waals surface area contributed by atoms with Crippen molar-refractivity contribution in [1.82, 2.24) is 0 Å². The number of hydrogen-bond acceptors (Lipinski definition) is 5. The molecule has 1 aliphatic carbocycles. The van der Waals surface area contributed by atoms with Gasteiger partial charge in [0.2, 0.25) is 5.60 Å². The van der Waals surface area contributed by atoms with Crippen LogP contribution in [0.5, 0.6) is 0 Å². The largest absolute Gasteiger partial charge is 0.505 e. The molecule has 1 radical (unpaired) electrons. The summed E-state index contributed by atoms with van der Waals surface area (Å²) in [6.45, 7) is 0. The number of hydrogen-bond donors (Lipinski definition) is 3. The Balaban J connectivity index is 0.00000169. The van der Waals surface area contributed by atoms with E-state index in [0.717, 1.165) is 6.08 Å².